The van der Waals surface area contributed by atoms with Gasteiger partial charge in [-0.1, -0.05) is 6.92 Å². The molecule has 0 spiro atoms. The third-order valence-electron chi connectivity index (χ3n) is 3.28. The van der Waals surface area contributed by atoms with Crippen LogP contribution in [0.15, 0.2) is 0 Å². The molecular formula is C12H24N2O2. The predicted molar refractivity (Wildman–Crippen MR) is 63.9 cm³/mol. The zero-order chi connectivity index (χ0) is 12.0. The summed E-state index contributed by atoms with van der Waals surface area (Å²) < 4.78 is 0. The molecule has 3 unspecified atom stereocenters. The fraction of sp³-hybridized carbons (Fsp3) is 0.917. The molecule has 94 valence electrons. The zero-order valence-electron chi connectivity index (χ0n) is 10.1. The van der Waals surface area contributed by atoms with Gasteiger partial charge >= 0.3 is 0 Å². The SMILES string of the molecule is CC(CCCN)C(=O)NC1CCCC(O)C1. The Kier molecular flexibility index (Phi) is 5.77. The first-order valence-electron chi connectivity index (χ1n) is 6.32. The minimum atomic E-state index is -0.238. The average molecular weight is 228 g/mol. The number of amides is 1. The van der Waals surface area contributed by atoms with Crippen molar-refractivity contribution in [3.05, 3.63) is 0 Å². The number of nitrogens with two attached hydrogens (primary N) is 1. The zero-order valence-corrected chi connectivity index (χ0v) is 10.1. The molecule has 1 rings (SSSR count). The van der Waals surface area contributed by atoms with Gasteiger partial charge in [-0.05, 0) is 45.1 Å². The monoisotopic (exact) mass is 228 g/mol. The van der Waals surface area contributed by atoms with Gasteiger partial charge in [0.15, 0.2) is 0 Å². The second kappa shape index (κ2) is 6.86. The van der Waals surface area contributed by atoms with Crippen LogP contribution in [-0.2, 0) is 4.79 Å². The number of aliphatic hydroxyl groups excluding tert-OH is 1. The Balaban J connectivity index is 2.26. The Morgan fingerprint density at radius 3 is 2.94 bits per heavy atom. The van der Waals surface area contributed by atoms with Gasteiger partial charge < -0.3 is 16.2 Å². The van der Waals surface area contributed by atoms with Crippen molar-refractivity contribution in [2.45, 2.75) is 57.6 Å². The molecule has 0 aromatic heterocycles. The van der Waals surface area contributed by atoms with Gasteiger partial charge in [-0.15, -0.1) is 0 Å². The molecule has 0 bridgehead atoms. The molecule has 0 aliphatic heterocycles. The van der Waals surface area contributed by atoms with Gasteiger partial charge in [0.25, 0.3) is 0 Å². The van der Waals surface area contributed by atoms with Crippen LogP contribution in [0.3, 0.4) is 0 Å². The minimum absolute atomic E-state index is 0.0302. The quantitative estimate of drug-likeness (QED) is 0.651. The van der Waals surface area contributed by atoms with Gasteiger partial charge in [0.1, 0.15) is 0 Å². The summed E-state index contributed by atoms with van der Waals surface area (Å²) in [4.78, 5) is 11.8. The average Bonchev–Trinajstić information content (AvgIpc) is 2.25. The number of hydrogen-bond donors (Lipinski definition) is 3. The highest BCUT2D eigenvalue weighted by atomic mass is 16.3. The summed E-state index contributed by atoms with van der Waals surface area (Å²) >= 11 is 0. The van der Waals surface area contributed by atoms with E-state index in [-0.39, 0.29) is 24.0 Å². The fourth-order valence-corrected chi connectivity index (χ4v) is 2.19. The number of hydrogen-bond acceptors (Lipinski definition) is 3. The van der Waals surface area contributed by atoms with Crippen LogP contribution in [0.2, 0.25) is 0 Å². The van der Waals surface area contributed by atoms with Crippen molar-refractivity contribution in [1.82, 2.24) is 5.32 Å². The van der Waals surface area contributed by atoms with Crippen LogP contribution in [0.4, 0.5) is 0 Å². The molecule has 16 heavy (non-hydrogen) atoms. The molecule has 1 aliphatic carbocycles. The van der Waals surface area contributed by atoms with Crippen molar-refractivity contribution in [3.8, 4) is 0 Å². The second-order valence-corrected chi connectivity index (χ2v) is 4.86. The summed E-state index contributed by atoms with van der Waals surface area (Å²) in [6.07, 6.45) is 5.07. The van der Waals surface area contributed by atoms with E-state index >= 15 is 0 Å². The highest BCUT2D eigenvalue weighted by Crippen LogP contribution is 2.19. The summed E-state index contributed by atoms with van der Waals surface area (Å²) in [7, 11) is 0. The maximum absolute atomic E-state index is 11.8. The Labute approximate surface area is 97.6 Å². The maximum Gasteiger partial charge on any atom is 0.223 e. The van der Waals surface area contributed by atoms with Gasteiger partial charge in [0.2, 0.25) is 5.91 Å². The molecule has 3 atom stereocenters. The van der Waals surface area contributed by atoms with Crippen LogP contribution in [0.5, 0.6) is 0 Å². The van der Waals surface area contributed by atoms with Crippen LogP contribution in [0, 0.1) is 5.92 Å². The van der Waals surface area contributed by atoms with Crippen LogP contribution in [0.25, 0.3) is 0 Å². The van der Waals surface area contributed by atoms with Crippen LogP contribution >= 0.6 is 0 Å². The topological polar surface area (TPSA) is 75.4 Å². The molecule has 1 saturated carbocycles. The van der Waals surface area contributed by atoms with Crippen molar-refractivity contribution in [2.75, 3.05) is 6.54 Å². The first-order chi connectivity index (χ1) is 7.63. The van der Waals surface area contributed by atoms with Gasteiger partial charge in [0.05, 0.1) is 6.10 Å². The lowest BCUT2D eigenvalue weighted by Crippen LogP contribution is -2.42. The van der Waals surface area contributed by atoms with E-state index in [9.17, 15) is 9.90 Å². The summed E-state index contributed by atoms with van der Waals surface area (Å²) in [5, 5.41) is 12.5. The van der Waals surface area contributed by atoms with E-state index in [2.05, 4.69) is 5.32 Å². The highest BCUT2D eigenvalue weighted by molar-refractivity contribution is 5.78. The normalized spacial score (nSPS) is 27.4. The first kappa shape index (κ1) is 13.5. The number of carbonyl (C=O) groups excluding carboxylic acids is 1. The molecule has 1 fully saturated rings. The Hall–Kier alpha value is -0.610. The summed E-state index contributed by atoms with van der Waals surface area (Å²) in [6.45, 7) is 2.57. The number of rotatable bonds is 5. The molecule has 4 N–H and O–H groups in total. The molecule has 0 aromatic rings. The summed E-state index contributed by atoms with van der Waals surface area (Å²) in [5.41, 5.74) is 5.41. The number of carbonyl (C=O) groups is 1. The molecule has 0 radical (unpaired) electrons. The van der Waals surface area contributed by atoms with Crippen LogP contribution in [-0.4, -0.2) is 29.7 Å². The largest absolute Gasteiger partial charge is 0.393 e. The number of nitrogens with one attached hydrogen (secondary N) is 1. The number of aliphatic hydroxyl groups is 1. The van der Waals surface area contributed by atoms with Gasteiger partial charge in [-0.2, -0.15) is 0 Å². The lowest BCUT2D eigenvalue weighted by Gasteiger charge is -2.27. The second-order valence-electron chi connectivity index (χ2n) is 4.86. The molecule has 4 nitrogen and oxygen atoms in total. The Bertz CT molecular complexity index is 221. The summed E-state index contributed by atoms with van der Waals surface area (Å²) in [5.74, 6) is 0.134. The van der Waals surface area contributed by atoms with Gasteiger partial charge in [-0.25, -0.2) is 0 Å². The lowest BCUT2D eigenvalue weighted by molar-refractivity contribution is -0.125. The molecule has 0 aromatic carbocycles. The minimum Gasteiger partial charge on any atom is -0.393 e. The molecule has 4 heteroatoms. The Morgan fingerprint density at radius 1 is 1.56 bits per heavy atom. The molecular weight excluding hydrogens is 204 g/mol. The molecule has 0 saturated heterocycles. The van der Waals surface area contributed by atoms with Crippen molar-refractivity contribution in [3.63, 3.8) is 0 Å². The standard InChI is InChI=1S/C12H24N2O2/c1-9(4-3-7-13)12(16)14-10-5-2-6-11(15)8-10/h9-11,15H,2-8,13H2,1H3,(H,14,16). The van der Waals surface area contributed by atoms with E-state index in [0.717, 1.165) is 32.1 Å². The van der Waals surface area contributed by atoms with Crippen molar-refractivity contribution in [1.29, 1.82) is 0 Å². The van der Waals surface area contributed by atoms with E-state index in [4.69, 9.17) is 5.73 Å². The van der Waals surface area contributed by atoms with Gasteiger partial charge in [-0.3, -0.25) is 4.79 Å². The molecule has 1 aliphatic rings. The van der Waals surface area contributed by atoms with E-state index in [0.29, 0.717) is 13.0 Å². The lowest BCUT2D eigenvalue weighted by atomic mass is 9.92. The molecule has 0 heterocycles. The van der Waals surface area contributed by atoms with Crippen molar-refractivity contribution >= 4 is 5.91 Å². The van der Waals surface area contributed by atoms with E-state index in [1.807, 2.05) is 6.92 Å². The first-order valence-corrected chi connectivity index (χ1v) is 6.32. The highest BCUT2D eigenvalue weighted by Gasteiger charge is 2.23. The predicted octanol–water partition coefficient (Wildman–Crippen LogP) is 0.781. The van der Waals surface area contributed by atoms with Crippen LogP contribution < -0.4 is 11.1 Å². The van der Waals surface area contributed by atoms with Gasteiger partial charge in [0, 0.05) is 12.0 Å². The third kappa shape index (κ3) is 4.49. The Morgan fingerprint density at radius 2 is 2.31 bits per heavy atom. The third-order valence-corrected chi connectivity index (χ3v) is 3.28. The fourth-order valence-electron chi connectivity index (χ4n) is 2.19. The van der Waals surface area contributed by atoms with E-state index < -0.39 is 0 Å². The van der Waals surface area contributed by atoms with E-state index in [1.165, 1.54) is 0 Å². The van der Waals surface area contributed by atoms with Crippen molar-refractivity contribution < 1.29 is 9.90 Å². The van der Waals surface area contributed by atoms with Crippen molar-refractivity contribution in [2.24, 2.45) is 11.7 Å². The maximum atomic E-state index is 11.8. The molecule has 1 amide bonds. The van der Waals surface area contributed by atoms with E-state index in [1.54, 1.807) is 0 Å². The van der Waals surface area contributed by atoms with Crippen LogP contribution in [0.1, 0.15) is 45.4 Å². The summed E-state index contributed by atoms with van der Waals surface area (Å²) in [6, 6.07) is 0.163. The smallest absolute Gasteiger partial charge is 0.223 e.